The SMILES string of the molecule is O=C(CSc1ccccc1)N[C@@H]1C(=O)N2C(C(=O)O)=C(/C=C3\CCN(c4ccccc4)C3=O)CS[C@H]12. The van der Waals surface area contributed by atoms with Gasteiger partial charge in [0.15, 0.2) is 0 Å². The van der Waals surface area contributed by atoms with Crippen molar-refractivity contribution in [3.05, 3.63) is 83.6 Å². The Kier molecular flexibility index (Phi) is 6.88. The number of β-lactam (4-membered cyclic amide) rings is 1. The van der Waals surface area contributed by atoms with E-state index in [-0.39, 0.29) is 23.3 Å². The van der Waals surface area contributed by atoms with Crippen LogP contribution in [0.15, 0.2) is 88.5 Å². The van der Waals surface area contributed by atoms with Crippen molar-refractivity contribution in [2.75, 3.05) is 23.0 Å². The summed E-state index contributed by atoms with van der Waals surface area (Å²) in [5.74, 6) is -1.65. The van der Waals surface area contributed by atoms with Crippen LogP contribution in [0.25, 0.3) is 0 Å². The number of carboxylic acids is 1. The molecule has 2 aromatic carbocycles. The maximum absolute atomic E-state index is 13.0. The lowest BCUT2D eigenvalue weighted by molar-refractivity contribution is -0.150. The lowest BCUT2D eigenvalue weighted by Gasteiger charge is -2.49. The molecule has 36 heavy (non-hydrogen) atoms. The van der Waals surface area contributed by atoms with E-state index in [2.05, 4.69) is 5.32 Å². The van der Waals surface area contributed by atoms with E-state index in [4.69, 9.17) is 0 Å². The van der Waals surface area contributed by atoms with Crippen LogP contribution < -0.4 is 10.2 Å². The van der Waals surface area contributed by atoms with E-state index in [1.54, 1.807) is 11.0 Å². The van der Waals surface area contributed by atoms with Gasteiger partial charge in [-0.15, -0.1) is 23.5 Å². The number of aliphatic carboxylic acids is 1. The molecule has 5 rings (SSSR count). The fraction of sp³-hybridized carbons (Fsp3) is 0.231. The monoisotopic (exact) mass is 521 g/mol. The van der Waals surface area contributed by atoms with Crippen LogP contribution in [-0.4, -0.2) is 63.2 Å². The first-order valence-corrected chi connectivity index (χ1v) is 13.4. The summed E-state index contributed by atoms with van der Waals surface area (Å²) in [6.45, 7) is 0.512. The molecule has 2 atom stereocenters. The van der Waals surface area contributed by atoms with E-state index in [0.717, 1.165) is 10.6 Å². The van der Waals surface area contributed by atoms with Gasteiger partial charge in [0.2, 0.25) is 5.91 Å². The average Bonchev–Trinajstić information content (AvgIpc) is 3.26. The van der Waals surface area contributed by atoms with Gasteiger partial charge in [0.25, 0.3) is 11.8 Å². The molecule has 0 aliphatic carbocycles. The van der Waals surface area contributed by atoms with E-state index in [9.17, 15) is 24.3 Å². The number of benzene rings is 2. The maximum atomic E-state index is 13.0. The van der Waals surface area contributed by atoms with Gasteiger partial charge < -0.3 is 15.3 Å². The second-order valence-electron chi connectivity index (χ2n) is 8.45. The molecule has 8 nitrogen and oxygen atoms in total. The molecule has 3 amide bonds. The molecule has 3 heterocycles. The van der Waals surface area contributed by atoms with Gasteiger partial charge in [-0.05, 0) is 42.3 Å². The number of allylic oxidation sites excluding steroid dienone is 1. The first-order valence-electron chi connectivity index (χ1n) is 11.4. The third kappa shape index (κ3) is 4.66. The van der Waals surface area contributed by atoms with Gasteiger partial charge in [0, 0.05) is 28.5 Å². The van der Waals surface area contributed by atoms with Crippen LogP contribution in [0.4, 0.5) is 5.69 Å². The van der Waals surface area contributed by atoms with E-state index < -0.39 is 23.3 Å². The largest absolute Gasteiger partial charge is 0.477 e. The minimum Gasteiger partial charge on any atom is -0.477 e. The number of carboxylic acid groups (broad SMARTS) is 1. The molecule has 0 unspecified atom stereocenters. The number of amides is 3. The Balaban J connectivity index is 1.28. The van der Waals surface area contributed by atoms with Crippen molar-refractivity contribution in [1.29, 1.82) is 0 Å². The number of rotatable bonds is 7. The van der Waals surface area contributed by atoms with E-state index in [0.29, 0.717) is 29.9 Å². The summed E-state index contributed by atoms with van der Waals surface area (Å²) in [5, 5.41) is 12.2. The molecule has 3 aliphatic heterocycles. The van der Waals surface area contributed by atoms with Gasteiger partial charge >= 0.3 is 5.97 Å². The molecule has 2 aromatic rings. The zero-order chi connectivity index (χ0) is 25.2. The van der Waals surface area contributed by atoms with Gasteiger partial charge in [-0.1, -0.05) is 36.4 Å². The Morgan fingerprint density at radius 1 is 1.08 bits per heavy atom. The lowest BCUT2D eigenvalue weighted by atomic mass is 10.0. The summed E-state index contributed by atoms with van der Waals surface area (Å²) in [6.07, 6.45) is 2.11. The van der Waals surface area contributed by atoms with Crippen molar-refractivity contribution in [1.82, 2.24) is 10.2 Å². The third-order valence-corrected chi connectivity index (χ3v) is 8.49. The average molecular weight is 522 g/mol. The molecule has 184 valence electrons. The standard InChI is InChI=1S/C26H23N3O5S2/c30-20(15-35-19-9-5-2-6-10-19)27-21-24(32)29-22(26(33)34)17(14-36-25(21)29)13-16-11-12-28(23(16)31)18-7-3-1-4-8-18/h1-10,13,21,25H,11-12,14-15H2,(H,27,30)(H,33,34)/b16-13+/t21-,25-/m1/s1. The molecule has 2 N–H and O–H groups in total. The van der Waals surface area contributed by atoms with Crippen molar-refractivity contribution in [2.45, 2.75) is 22.7 Å². The summed E-state index contributed by atoms with van der Waals surface area (Å²) in [7, 11) is 0. The van der Waals surface area contributed by atoms with Crippen LogP contribution in [0.2, 0.25) is 0 Å². The zero-order valence-corrected chi connectivity index (χ0v) is 20.8. The number of para-hydroxylation sites is 1. The number of anilines is 1. The summed E-state index contributed by atoms with van der Waals surface area (Å²) in [5.41, 5.74) is 1.62. The van der Waals surface area contributed by atoms with Gasteiger partial charge in [0.1, 0.15) is 17.1 Å². The summed E-state index contributed by atoms with van der Waals surface area (Å²) < 4.78 is 0. The molecular formula is C26H23N3O5S2. The highest BCUT2D eigenvalue weighted by atomic mass is 32.2. The van der Waals surface area contributed by atoms with Crippen molar-refractivity contribution in [2.24, 2.45) is 0 Å². The Hall–Kier alpha value is -3.50. The third-order valence-electron chi connectivity index (χ3n) is 6.17. The molecule has 0 saturated carbocycles. The Morgan fingerprint density at radius 2 is 1.78 bits per heavy atom. The predicted octanol–water partition coefficient (Wildman–Crippen LogP) is 2.88. The second kappa shape index (κ2) is 10.2. The number of nitrogens with zero attached hydrogens (tertiary/aromatic N) is 2. The fourth-order valence-electron chi connectivity index (χ4n) is 4.45. The van der Waals surface area contributed by atoms with Gasteiger partial charge in [-0.25, -0.2) is 4.79 Å². The highest BCUT2D eigenvalue weighted by Crippen LogP contribution is 2.41. The van der Waals surface area contributed by atoms with Crippen LogP contribution in [0.5, 0.6) is 0 Å². The predicted molar refractivity (Wildman–Crippen MR) is 138 cm³/mol. The van der Waals surface area contributed by atoms with Gasteiger partial charge in [-0.2, -0.15) is 0 Å². The number of fused-ring (bicyclic) bond motifs is 1. The molecule has 2 saturated heterocycles. The normalized spacial score (nSPS) is 22.5. The quantitative estimate of drug-likeness (QED) is 0.328. The Labute approximate surface area is 216 Å². The van der Waals surface area contributed by atoms with Crippen LogP contribution >= 0.6 is 23.5 Å². The summed E-state index contributed by atoms with van der Waals surface area (Å²) in [6, 6.07) is 18.0. The molecule has 0 spiro atoms. The molecular weight excluding hydrogens is 498 g/mol. The first kappa shape index (κ1) is 24.2. The van der Waals surface area contributed by atoms with Crippen LogP contribution in [0, 0.1) is 0 Å². The minimum absolute atomic E-state index is 0.119. The Morgan fingerprint density at radius 3 is 2.47 bits per heavy atom. The van der Waals surface area contributed by atoms with E-state index >= 15 is 0 Å². The van der Waals surface area contributed by atoms with E-state index in [1.807, 2.05) is 60.7 Å². The number of nitrogens with one attached hydrogen (secondary N) is 1. The number of thioether (sulfide) groups is 2. The number of carbonyl (C=O) groups excluding carboxylic acids is 3. The van der Waals surface area contributed by atoms with Crippen molar-refractivity contribution < 1.29 is 24.3 Å². The highest BCUT2D eigenvalue weighted by Gasteiger charge is 2.54. The molecule has 10 heteroatoms. The van der Waals surface area contributed by atoms with Crippen molar-refractivity contribution in [3.8, 4) is 0 Å². The second-order valence-corrected chi connectivity index (χ2v) is 10.6. The summed E-state index contributed by atoms with van der Waals surface area (Å²) in [4.78, 5) is 54.3. The van der Waals surface area contributed by atoms with Crippen molar-refractivity contribution in [3.63, 3.8) is 0 Å². The van der Waals surface area contributed by atoms with Crippen LogP contribution in [-0.2, 0) is 19.2 Å². The Bertz CT molecular complexity index is 1280. The smallest absolute Gasteiger partial charge is 0.352 e. The van der Waals surface area contributed by atoms with E-state index in [1.165, 1.54) is 28.4 Å². The fourth-order valence-corrected chi connectivity index (χ4v) is 6.48. The topological polar surface area (TPSA) is 107 Å². The van der Waals surface area contributed by atoms with Crippen molar-refractivity contribution >= 4 is 52.9 Å². The molecule has 0 bridgehead atoms. The van der Waals surface area contributed by atoms with Crippen LogP contribution in [0.3, 0.4) is 0 Å². The van der Waals surface area contributed by atoms with Gasteiger partial charge in [0.05, 0.1) is 5.75 Å². The molecule has 0 radical (unpaired) electrons. The number of hydrogen-bond donors (Lipinski definition) is 2. The zero-order valence-electron chi connectivity index (χ0n) is 19.1. The van der Waals surface area contributed by atoms with Crippen LogP contribution in [0.1, 0.15) is 6.42 Å². The molecule has 2 fully saturated rings. The highest BCUT2D eigenvalue weighted by molar-refractivity contribution is 8.00. The maximum Gasteiger partial charge on any atom is 0.352 e. The molecule has 3 aliphatic rings. The minimum atomic E-state index is -1.23. The number of hydrogen-bond acceptors (Lipinski definition) is 6. The number of carbonyl (C=O) groups is 4. The van der Waals surface area contributed by atoms with Gasteiger partial charge in [-0.3, -0.25) is 19.3 Å². The summed E-state index contributed by atoms with van der Waals surface area (Å²) >= 11 is 2.75. The lowest BCUT2D eigenvalue weighted by Crippen LogP contribution is -2.70. The molecule has 0 aromatic heterocycles. The first-order chi connectivity index (χ1) is 17.4.